The molecule has 0 aromatic rings. The van der Waals surface area contributed by atoms with Crippen molar-refractivity contribution in [3.63, 3.8) is 0 Å². The summed E-state index contributed by atoms with van der Waals surface area (Å²) in [6.07, 6.45) is 7.21. The third-order valence-corrected chi connectivity index (χ3v) is 5.96. The fraction of sp³-hybridized carbons (Fsp3) is 0.947. The molecule has 1 saturated carbocycles. The Hall–Kier alpha value is -0.690. The molecule has 0 aromatic carbocycles. The van der Waals surface area contributed by atoms with Crippen molar-refractivity contribution in [1.29, 1.82) is 0 Å². The lowest BCUT2D eigenvalue weighted by Crippen LogP contribution is -2.56. The Kier molecular flexibility index (Phi) is 6.72. The summed E-state index contributed by atoms with van der Waals surface area (Å²) in [6, 6.07) is 0.293. The van der Waals surface area contributed by atoms with Crippen LogP contribution >= 0.6 is 0 Å². The van der Waals surface area contributed by atoms with Crippen molar-refractivity contribution in [1.82, 2.24) is 9.80 Å². The number of rotatable bonds is 4. The van der Waals surface area contributed by atoms with Gasteiger partial charge < -0.3 is 19.5 Å². The molecule has 1 aliphatic carbocycles. The molecule has 3 rings (SSSR count). The number of aliphatic hydroxyl groups excluding tert-OH is 1. The largest absolute Gasteiger partial charge is 0.389 e. The molecule has 0 spiro atoms. The van der Waals surface area contributed by atoms with Gasteiger partial charge in [-0.3, -0.25) is 9.69 Å². The van der Waals surface area contributed by atoms with Crippen molar-refractivity contribution in [3.05, 3.63) is 0 Å². The molecule has 0 radical (unpaired) electrons. The number of β-amino-alcohol motifs (C(OH)–C–C–N with tert-alkyl or cyclic N) is 1. The summed E-state index contributed by atoms with van der Waals surface area (Å²) in [5.41, 5.74) is 0. The van der Waals surface area contributed by atoms with Gasteiger partial charge in [0, 0.05) is 33.2 Å². The minimum atomic E-state index is -0.421. The Morgan fingerprint density at radius 3 is 2.64 bits per heavy atom. The average molecular weight is 354 g/mol. The first-order valence-electron chi connectivity index (χ1n) is 9.88. The molecule has 0 unspecified atom stereocenters. The van der Waals surface area contributed by atoms with E-state index in [0.717, 1.165) is 25.3 Å². The normalized spacial score (nSPS) is 35.0. The molecule has 0 aromatic heterocycles. The minimum Gasteiger partial charge on any atom is -0.389 e. The zero-order valence-electron chi connectivity index (χ0n) is 15.7. The topological polar surface area (TPSA) is 62.2 Å². The van der Waals surface area contributed by atoms with Gasteiger partial charge in [0.05, 0.1) is 37.9 Å². The molecule has 2 aliphatic heterocycles. The van der Waals surface area contributed by atoms with Crippen LogP contribution in [0.5, 0.6) is 0 Å². The molecule has 25 heavy (non-hydrogen) atoms. The highest BCUT2D eigenvalue weighted by molar-refractivity contribution is 5.76. The van der Waals surface area contributed by atoms with Gasteiger partial charge in [0.2, 0.25) is 5.91 Å². The molecule has 2 heterocycles. The van der Waals surface area contributed by atoms with Gasteiger partial charge in [-0.15, -0.1) is 0 Å². The summed E-state index contributed by atoms with van der Waals surface area (Å²) in [5, 5.41) is 10.2. The fourth-order valence-corrected chi connectivity index (χ4v) is 4.56. The van der Waals surface area contributed by atoms with Crippen molar-refractivity contribution >= 4 is 5.91 Å². The third-order valence-electron chi connectivity index (χ3n) is 5.96. The molecule has 1 N–H and O–H groups in total. The van der Waals surface area contributed by atoms with E-state index in [-0.39, 0.29) is 18.1 Å². The van der Waals surface area contributed by atoms with Crippen molar-refractivity contribution in [2.75, 3.05) is 40.4 Å². The Balaban J connectivity index is 1.63. The van der Waals surface area contributed by atoms with E-state index >= 15 is 0 Å². The number of fused-ring (bicyclic) bond motifs is 1. The van der Waals surface area contributed by atoms with Crippen molar-refractivity contribution < 1.29 is 19.4 Å². The van der Waals surface area contributed by atoms with E-state index in [1.54, 1.807) is 19.0 Å². The highest BCUT2D eigenvalue weighted by Crippen LogP contribution is 2.31. The second kappa shape index (κ2) is 8.80. The molecule has 144 valence electrons. The molecule has 6 heteroatoms. The van der Waals surface area contributed by atoms with Gasteiger partial charge in [-0.05, 0) is 31.6 Å². The summed E-state index contributed by atoms with van der Waals surface area (Å²) >= 11 is 0. The van der Waals surface area contributed by atoms with E-state index in [4.69, 9.17) is 9.47 Å². The van der Waals surface area contributed by atoms with Gasteiger partial charge in [0.15, 0.2) is 0 Å². The second-order valence-corrected chi connectivity index (χ2v) is 8.23. The first kappa shape index (κ1) is 19.1. The molecule has 3 fully saturated rings. The Bertz CT molecular complexity index is 439. The SMILES string of the molecule is CN(C)C(=O)C[C@@H]1CC[C@H]2[C@@H](COC[C@@H](O)CN2CC2CCCC2)O1. The monoisotopic (exact) mass is 354 g/mol. The Labute approximate surface area is 151 Å². The molecular formula is C19H34N2O4. The Morgan fingerprint density at radius 1 is 1.16 bits per heavy atom. The van der Waals surface area contributed by atoms with Crippen molar-refractivity contribution in [2.24, 2.45) is 5.92 Å². The van der Waals surface area contributed by atoms with Crippen molar-refractivity contribution in [3.8, 4) is 0 Å². The van der Waals surface area contributed by atoms with Crippen molar-refractivity contribution in [2.45, 2.75) is 69.3 Å². The number of ether oxygens (including phenoxy) is 2. The first-order valence-corrected chi connectivity index (χ1v) is 9.88. The summed E-state index contributed by atoms with van der Waals surface area (Å²) in [4.78, 5) is 16.1. The fourth-order valence-electron chi connectivity index (χ4n) is 4.56. The number of amides is 1. The van der Waals surface area contributed by atoms with Crippen LogP contribution in [-0.2, 0) is 14.3 Å². The maximum Gasteiger partial charge on any atom is 0.224 e. The number of hydrogen-bond donors (Lipinski definition) is 1. The number of hydrogen-bond acceptors (Lipinski definition) is 5. The molecule has 1 amide bonds. The quantitative estimate of drug-likeness (QED) is 0.824. The predicted molar refractivity (Wildman–Crippen MR) is 95.4 cm³/mol. The van der Waals surface area contributed by atoms with Crippen LogP contribution in [0.1, 0.15) is 44.9 Å². The molecule has 0 bridgehead atoms. The highest BCUT2D eigenvalue weighted by Gasteiger charge is 2.38. The highest BCUT2D eigenvalue weighted by atomic mass is 16.5. The lowest BCUT2D eigenvalue weighted by molar-refractivity contribution is -0.160. The summed E-state index contributed by atoms with van der Waals surface area (Å²) < 4.78 is 12.0. The van der Waals surface area contributed by atoms with Crippen LogP contribution in [0.4, 0.5) is 0 Å². The van der Waals surface area contributed by atoms with Gasteiger partial charge in [0.25, 0.3) is 0 Å². The first-order chi connectivity index (χ1) is 12.0. The van der Waals surface area contributed by atoms with Crippen LogP contribution in [-0.4, -0.2) is 85.6 Å². The van der Waals surface area contributed by atoms with Crippen LogP contribution in [0.2, 0.25) is 0 Å². The van der Waals surface area contributed by atoms with E-state index in [0.29, 0.717) is 32.2 Å². The van der Waals surface area contributed by atoms with Gasteiger partial charge >= 0.3 is 0 Å². The maximum atomic E-state index is 12.0. The maximum absolute atomic E-state index is 12.0. The third kappa shape index (κ3) is 5.16. The van der Waals surface area contributed by atoms with E-state index < -0.39 is 6.10 Å². The van der Waals surface area contributed by atoms with E-state index in [2.05, 4.69) is 4.90 Å². The van der Waals surface area contributed by atoms with Gasteiger partial charge in [-0.25, -0.2) is 0 Å². The average Bonchev–Trinajstić information content (AvgIpc) is 3.06. The lowest BCUT2D eigenvalue weighted by atomic mass is 9.93. The van der Waals surface area contributed by atoms with Gasteiger partial charge in [-0.2, -0.15) is 0 Å². The van der Waals surface area contributed by atoms with Crippen LogP contribution in [0.3, 0.4) is 0 Å². The second-order valence-electron chi connectivity index (χ2n) is 8.23. The standard InChI is InChI=1S/C19H34N2O4/c1-20(2)19(23)9-16-7-8-17-18(25-16)13-24-12-15(22)11-21(17)10-14-5-3-4-6-14/h14-18,22H,3-13H2,1-2H3/t15-,16-,17-,18+/m0/s1. The van der Waals surface area contributed by atoms with E-state index in [9.17, 15) is 9.90 Å². The summed E-state index contributed by atoms with van der Waals surface area (Å²) in [5.74, 6) is 0.870. The molecule has 3 aliphatic rings. The molecule has 6 nitrogen and oxygen atoms in total. The molecule has 2 saturated heterocycles. The van der Waals surface area contributed by atoms with Crippen LogP contribution < -0.4 is 0 Å². The minimum absolute atomic E-state index is 0.00242. The Morgan fingerprint density at radius 2 is 1.92 bits per heavy atom. The summed E-state index contributed by atoms with van der Waals surface area (Å²) in [7, 11) is 3.58. The smallest absolute Gasteiger partial charge is 0.224 e. The molecular weight excluding hydrogens is 320 g/mol. The summed E-state index contributed by atoms with van der Waals surface area (Å²) in [6.45, 7) is 2.61. The zero-order chi connectivity index (χ0) is 17.8. The number of nitrogens with zero attached hydrogens (tertiary/aromatic N) is 2. The van der Waals surface area contributed by atoms with Gasteiger partial charge in [-0.1, -0.05) is 12.8 Å². The van der Waals surface area contributed by atoms with Crippen LogP contribution in [0.15, 0.2) is 0 Å². The number of carbonyl (C=O) groups excluding carboxylic acids is 1. The molecule has 4 atom stereocenters. The van der Waals surface area contributed by atoms with Gasteiger partial charge in [0.1, 0.15) is 0 Å². The number of aliphatic hydroxyl groups is 1. The zero-order valence-corrected chi connectivity index (χ0v) is 15.7. The van der Waals surface area contributed by atoms with E-state index in [1.807, 2.05) is 0 Å². The number of carbonyl (C=O) groups is 1. The predicted octanol–water partition coefficient (Wildman–Crippen LogP) is 1.26. The van der Waals surface area contributed by atoms with Crippen LogP contribution in [0, 0.1) is 5.92 Å². The van der Waals surface area contributed by atoms with Crippen LogP contribution in [0.25, 0.3) is 0 Å². The lowest BCUT2D eigenvalue weighted by Gasteiger charge is -2.45. The van der Waals surface area contributed by atoms with E-state index in [1.165, 1.54) is 25.7 Å².